The Hall–Kier alpha value is -1.13. The molecule has 98 valence electrons. The van der Waals surface area contributed by atoms with Gasteiger partial charge in [-0.1, -0.05) is 11.6 Å². The van der Waals surface area contributed by atoms with Crippen LogP contribution in [0.1, 0.15) is 30.1 Å². The van der Waals surface area contributed by atoms with Crippen molar-refractivity contribution >= 4 is 17.5 Å². The molecule has 1 aliphatic rings. The Kier molecular flexibility index (Phi) is 3.88. The zero-order valence-corrected chi connectivity index (χ0v) is 11.0. The summed E-state index contributed by atoms with van der Waals surface area (Å²) in [7, 11) is 0. The molecular weight excluding hydrogens is 255 g/mol. The second-order valence-corrected chi connectivity index (χ2v) is 5.19. The van der Waals surface area contributed by atoms with E-state index in [2.05, 4.69) is 0 Å². The first-order valence-electron chi connectivity index (χ1n) is 6.00. The van der Waals surface area contributed by atoms with E-state index in [9.17, 15) is 9.18 Å². The number of amides is 1. The van der Waals surface area contributed by atoms with Gasteiger partial charge >= 0.3 is 0 Å². The van der Waals surface area contributed by atoms with Crippen LogP contribution in [0.4, 0.5) is 4.39 Å². The Labute approximate surface area is 111 Å². The van der Waals surface area contributed by atoms with Gasteiger partial charge in [0.1, 0.15) is 5.82 Å². The van der Waals surface area contributed by atoms with Crippen LogP contribution in [0.25, 0.3) is 0 Å². The topological polar surface area (TPSA) is 46.3 Å². The second-order valence-electron chi connectivity index (χ2n) is 4.76. The molecule has 1 aliphatic heterocycles. The van der Waals surface area contributed by atoms with E-state index in [1.54, 1.807) is 4.90 Å². The van der Waals surface area contributed by atoms with E-state index >= 15 is 0 Å². The molecule has 0 saturated carbocycles. The molecule has 0 aromatic heterocycles. The number of carbonyl (C=O) groups excluding carboxylic acids is 1. The molecule has 1 aromatic rings. The zero-order valence-electron chi connectivity index (χ0n) is 10.2. The fraction of sp³-hybridized carbons (Fsp3) is 0.462. The number of nitrogens with two attached hydrogens (primary N) is 1. The lowest BCUT2D eigenvalue weighted by atomic mass is 9.98. The van der Waals surface area contributed by atoms with Crippen LogP contribution in [-0.2, 0) is 0 Å². The summed E-state index contributed by atoms with van der Waals surface area (Å²) in [5.74, 6) is -0.863. The summed E-state index contributed by atoms with van der Waals surface area (Å²) < 4.78 is 13.7. The number of benzene rings is 1. The minimum Gasteiger partial charge on any atom is -0.336 e. The first-order chi connectivity index (χ1) is 8.49. The fourth-order valence-corrected chi connectivity index (χ4v) is 2.49. The van der Waals surface area contributed by atoms with Gasteiger partial charge in [0.15, 0.2) is 0 Å². The van der Waals surface area contributed by atoms with Crippen LogP contribution in [0, 0.1) is 5.82 Å². The van der Waals surface area contributed by atoms with Crippen molar-refractivity contribution in [3.8, 4) is 0 Å². The number of piperidine rings is 1. The molecule has 0 bridgehead atoms. The quantitative estimate of drug-likeness (QED) is 0.852. The van der Waals surface area contributed by atoms with E-state index < -0.39 is 5.82 Å². The number of carbonyl (C=O) groups is 1. The lowest BCUT2D eigenvalue weighted by Gasteiger charge is -2.36. The van der Waals surface area contributed by atoms with Crippen LogP contribution in [0.2, 0.25) is 5.02 Å². The highest BCUT2D eigenvalue weighted by Crippen LogP contribution is 2.21. The number of rotatable bonds is 1. The summed E-state index contributed by atoms with van der Waals surface area (Å²) >= 11 is 5.67. The molecule has 0 spiro atoms. The predicted octanol–water partition coefficient (Wildman–Crippen LogP) is 2.43. The Morgan fingerprint density at radius 1 is 1.56 bits per heavy atom. The summed E-state index contributed by atoms with van der Waals surface area (Å²) in [6.07, 6.45) is 1.51. The molecule has 2 atom stereocenters. The summed E-state index contributed by atoms with van der Waals surface area (Å²) in [6.45, 7) is 2.51. The molecule has 18 heavy (non-hydrogen) atoms. The van der Waals surface area contributed by atoms with E-state index in [0.717, 1.165) is 18.9 Å². The molecule has 1 aromatic carbocycles. The summed E-state index contributed by atoms with van der Waals surface area (Å²) in [5.41, 5.74) is 5.92. The van der Waals surface area contributed by atoms with Crippen molar-refractivity contribution in [1.29, 1.82) is 0 Å². The largest absolute Gasteiger partial charge is 0.336 e. The number of hydrogen-bond donors (Lipinski definition) is 1. The molecule has 1 amide bonds. The van der Waals surface area contributed by atoms with E-state index in [0.29, 0.717) is 6.54 Å². The third-order valence-corrected chi connectivity index (χ3v) is 3.57. The van der Waals surface area contributed by atoms with Gasteiger partial charge in [-0.15, -0.1) is 0 Å². The standard InChI is InChI=1S/C13H16ClFN2O/c1-8-6-10(16)4-5-17(8)13(18)11-3-2-9(14)7-12(11)15/h2-3,7-8,10H,4-6,16H2,1H3/t8-,10+/m1/s1. The van der Waals surface area contributed by atoms with E-state index in [1.807, 2.05) is 6.92 Å². The van der Waals surface area contributed by atoms with Gasteiger partial charge in [-0.25, -0.2) is 4.39 Å². The SMILES string of the molecule is C[C@@H]1C[C@@H](N)CCN1C(=O)c1ccc(Cl)cc1F. The van der Waals surface area contributed by atoms with Gasteiger partial charge in [0, 0.05) is 23.7 Å². The molecule has 0 radical (unpaired) electrons. The molecule has 1 heterocycles. The first-order valence-corrected chi connectivity index (χ1v) is 6.38. The Bertz CT molecular complexity index is 466. The van der Waals surface area contributed by atoms with Gasteiger partial charge in [-0.2, -0.15) is 0 Å². The van der Waals surface area contributed by atoms with Crippen LogP contribution >= 0.6 is 11.6 Å². The van der Waals surface area contributed by atoms with E-state index in [4.69, 9.17) is 17.3 Å². The summed E-state index contributed by atoms with van der Waals surface area (Å²) in [6, 6.07) is 4.28. The Balaban J connectivity index is 2.20. The average molecular weight is 271 g/mol. The number of halogens is 2. The minimum absolute atomic E-state index is 0.0383. The van der Waals surface area contributed by atoms with Gasteiger partial charge < -0.3 is 10.6 Å². The molecule has 3 nitrogen and oxygen atoms in total. The highest BCUT2D eigenvalue weighted by Gasteiger charge is 2.28. The van der Waals surface area contributed by atoms with Gasteiger partial charge in [0.25, 0.3) is 5.91 Å². The van der Waals surface area contributed by atoms with Crippen LogP contribution in [0.3, 0.4) is 0 Å². The monoisotopic (exact) mass is 270 g/mol. The van der Waals surface area contributed by atoms with E-state index in [1.165, 1.54) is 12.1 Å². The highest BCUT2D eigenvalue weighted by atomic mass is 35.5. The molecule has 0 aliphatic carbocycles. The highest BCUT2D eigenvalue weighted by molar-refractivity contribution is 6.30. The van der Waals surface area contributed by atoms with Gasteiger partial charge in [-0.3, -0.25) is 4.79 Å². The van der Waals surface area contributed by atoms with Crippen molar-refractivity contribution < 1.29 is 9.18 Å². The van der Waals surface area contributed by atoms with Crippen LogP contribution in [0.15, 0.2) is 18.2 Å². The maximum atomic E-state index is 13.7. The molecule has 2 rings (SSSR count). The third-order valence-electron chi connectivity index (χ3n) is 3.34. The van der Waals surface area contributed by atoms with Gasteiger partial charge in [-0.05, 0) is 38.0 Å². The third kappa shape index (κ3) is 2.65. The smallest absolute Gasteiger partial charge is 0.257 e. The first kappa shape index (κ1) is 13.3. The van der Waals surface area contributed by atoms with Crippen molar-refractivity contribution in [2.45, 2.75) is 31.8 Å². The van der Waals surface area contributed by atoms with Crippen molar-refractivity contribution in [3.05, 3.63) is 34.6 Å². The van der Waals surface area contributed by atoms with Crippen molar-refractivity contribution in [2.75, 3.05) is 6.54 Å². The maximum absolute atomic E-state index is 13.7. The molecule has 1 fully saturated rings. The number of nitrogens with zero attached hydrogens (tertiary/aromatic N) is 1. The predicted molar refractivity (Wildman–Crippen MR) is 69.1 cm³/mol. The fourth-order valence-electron chi connectivity index (χ4n) is 2.33. The molecular formula is C13H16ClFN2O. The summed E-state index contributed by atoms with van der Waals surface area (Å²) in [4.78, 5) is 13.9. The van der Waals surface area contributed by atoms with Crippen molar-refractivity contribution in [2.24, 2.45) is 5.73 Å². The lowest BCUT2D eigenvalue weighted by molar-refractivity contribution is 0.0614. The van der Waals surface area contributed by atoms with Crippen molar-refractivity contribution in [3.63, 3.8) is 0 Å². The van der Waals surface area contributed by atoms with Gasteiger partial charge in [0.2, 0.25) is 0 Å². The molecule has 2 N–H and O–H groups in total. The zero-order chi connectivity index (χ0) is 13.3. The van der Waals surface area contributed by atoms with Crippen LogP contribution in [0.5, 0.6) is 0 Å². The Morgan fingerprint density at radius 3 is 2.89 bits per heavy atom. The van der Waals surface area contributed by atoms with E-state index in [-0.39, 0.29) is 28.6 Å². The van der Waals surface area contributed by atoms with Crippen molar-refractivity contribution in [1.82, 2.24) is 4.90 Å². The number of hydrogen-bond acceptors (Lipinski definition) is 2. The maximum Gasteiger partial charge on any atom is 0.257 e. The molecule has 5 heteroatoms. The van der Waals surface area contributed by atoms with Crippen LogP contribution in [-0.4, -0.2) is 29.4 Å². The van der Waals surface area contributed by atoms with Gasteiger partial charge in [0.05, 0.1) is 5.56 Å². The normalized spacial score (nSPS) is 24.1. The van der Waals surface area contributed by atoms with Crippen LogP contribution < -0.4 is 5.73 Å². The Morgan fingerprint density at radius 2 is 2.28 bits per heavy atom. The second kappa shape index (κ2) is 5.24. The summed E-state index contributed by atoms with van der Waals surface area (Å²) in [5, 5.41) is 0.290. The average Bonchev–Trinajstić information content (AvgIpc) is 2.28. The number of likely N-dealkylation sites (tertiary alicyclic amines) is 1. The molecule has 0 unspecified atom stereocenters. The minimum atomic E-state index is -0.574. The molecule has 1 saturated heterocycles. The lowest BCUT2D eigenvalue weighted by Crippen LogP contribution is -2.48.